The van der Waals surface area contributed by atoms with E-state index >= 15 is 0 Å². The van der Waals surface area contributed by atoms with Crippen molar-refractivity contribution in [1.82, 2.24) is 9.55 Å². The van der Waals surface area contributed by atoms with Crippen LogP contribution in [0.3, 0.4) is 0 Å². The summed E-state index contributed by atoms with van der Waals surface area (Å²) in [6.07, 6.45) is 2.02. The van der Waals surface area contributed by atoms with E-state index in [1.54, 1.807) is 0 Å². The fourth-order valence-corrected chi connectivity index (χ4v) is 2.24. The maximum Gasteiger partial charge on any atom is 0.110 e. The van der Waals surface area contributed by atoms with Crippen LogP contribution in [0, 0.1) is 6.92 Å². The Labute approximate surface area is 85.3 Å². The molecule has 3 heteroatoms. The van der Waals surface area contributed by atoms with Crippen molar-refractivity contribution in [2.24, 2.45) is 5.73 Å². The van der Waals surface area contributed by atoms with Gasteiger partial charge in [-0.1, -0.05) is 13.8 Å². The molecule has 0 saturated carbocycles. The van der Waals surface area contributed by atoms with Crippen LogP contribution in [0.1, 0.15) is 43.4 Å². The summed E-state index contributed by atoms with van der Waals surface area (Å²) in [4.78, 5) is 4.68. The molecule has 0 fully saturated rings. The smallest absolute Gasteiger partial charge is 0.110 e. The van der Waals surface area contributed by atoms with E-state index in [2.05, 4.69) is 30.3 Å². The first-order chi connectivity index (χ1) is 6.59. The normalized spacial score (nSPS) is 21.4. The molecule has 1 aromatic heterocycles. The summed E-state index contributed by atoms with van der Waals surface area (Å²) >= 11 is 0. The number of aromatic nitrogens is 2. The molecule has 0 radical (unpaired) electrons. The van der Waals surface area contributed by atoms with E-state index in [0.29, 0.717) is 12.0 Å². The van der Waals surface area contributed by atoms with Crippen molar-refractivity contribution in [2.75, 3.05) is 0 Å². The van der Waals surface area contributed by atoms with Crippen molar-refractivity contribution in [3.05, 3.63) is 17.2 Å². The third-order valence-electron chi connectivity index (χ3n) is 3.05. The second kappa shape index (κ2) is 3.39. The van der Waals surface area contributed by atoms with Gasteiger partial charge in [-0.25, -0.2) is 4.98 Å². The van der Waals surface area contributed by atoms with Crippen LogP contribution in [0.2, 0.25) is 0 Å². The first-order valence-electron chi connectivity index (χ1n) is 5.41. The molecule has 1 unspecified atom stereocenters. The van der Waals surface area contributed by atoms with Crippen molar-refractivity contribution in [3.63, 3.8) is 0 Å². The van der Waals surface area contributed by atoms with Gasteiger partial charge in [0.25, 0.3) is 0 Å². The number of nitrogens with two attached hydrogens (primary N) is 1. The molecule has 1 aromatic rings. The van der Waals surface area contributed by atoms with Gasteiger partial charge in [-0.2, -0.15) is 0 Å². The monoisotopic (exact) mass is 193 g/mol. The van der Waals surface area contributed by atoms with Gasteiger partial charge in [0.05, 0.1) is 5.69 Å². The molecular formula is C11H19N3. The van der Waals surface area contributed by atoms with Crippen molar-refractivity contribution < 1.29 is 0 Å². The molecule has 3 nitrogen and oxygen atoms in total. The third-order valence-corrected chi connectivity index (χ3v) is 3.05. The molecule has 0 aliphatic carbocycles. The van der Waals surface area contributed by atoms with Crippen LogP contribution in [-0.4, -0.2) is 15.6 Å². The van der Waals surface area contributed by atoms with E-state index in [-0.39, 0.29) is 0 Å². The standard InChI is InChI=1S/C11H19N3/c1-7(2)11-8(3)14-5-4-9(12)6-10(14)13-11/h7,9H,4-6,12H2,1-3H3. The quantitative estimate of drug-likeness (QED) is 0.736. The molecule has 2 heterocycles. The summed E-state index contributed by atoms with van der Waals surface area (Å²) in [7, 11) is 0. The first-order valence-corrected chi connectivity index (χ1v) is 5.41. The SMILES string of the molecule is Cc1c(C(C)C)nc2n1CCC(N)C2. The highest BCUT2D eigenvalue weighted by Gasteiger charge is 2.21. The highest BCUT2D eigenvalue weighted by atomic mass is 15.1. The van der Waals surface area contributed by atoms with E-state index < -0.39 is 0 Å². The van der Waals surface area contributed by atoms with Gasteiger partial charge in [-0.15, -0.1) is 0 Å². The third kappa shape index (κ3) is 1.46. The lowest BCUT2D eigenvalue weighted by atomic mass is 10.1. The summed E-state index contributed by atoms with van der Waals surface area (Å²) in [5.41, 5.74) is 8.51. The van der Waals surface area contributed by atoms with Gasteiger partial charge in [-0.05, 0) is 19.3 Å². The topological polar surface area (TPSA) is 43.8 Å². The minimum absolute atomic E-state index is 0.310. The van der Waals surface area contributed by atoms with Crippen LogP contribution in [0.15, 0.2) is 0 Å². The van der Waals surface area contributed by atoms with Gasteiger partial charge in [0, 0.05) is 24.7 Å². The largest absolute Gasteiger partial charge is 0.332 e. The average molecular weight is 193 g/mol. The minimum atomic E-state index is 0.310. The number of hydrogen-bond donors (Lipinski definition) is 1. The number of nitrogens with zero attached hydrogens (tertiary/aromatic N) is 2. The van der Waals surface area contributed by atoms with E-state index in [0.717, 1.165) is 19.4 Å². The number of imidazole rings is 1. The molecule has 1 aliphatic heterocycles. The summed E-state index contributed by atoms with van der Waals surface area (Å²) in [5, 5.41) is 0. The van der Waals surface area contributed by atoms with Gasteiger partial charge >= 0.3 is 0 Å². The molecule has 0 amide bonds. The summed E-state index contributed by atoms with van der Waals surface area (Å²) in [6.45, 7) is 7.60. The Morgan fingerprint density at radius 3 is 2.86 bits per heavy atom. The Hall–Kier alpha value is -0.830. The molecule has 2 N–H and O–H groups in total. The molecular weight excluding hydrogens is 174 g/mol. The molecule has 14 heavy (non-hydrogen) atoms. The van der Waals surface area contributed by atoms with E-state index in [9.17, 15) is 0 Å². The van der Waals surface area contributed by atoms with E-state index in [1.165, 1.54) is 17.2 Å². The van der Waals surface area contributed by atoms with Crippen LogP contribution in [0.25, 0.3) is 0 Å². The van der Waals surface area contributed by atoms with Crippen molar-refractivity contribution in [3.8, 4) is 0 Å². The molecule has 1 atom stereocenters. The maximum atomic E-state index is 5.93. The Bertz CT molecular complexity index is 339. The molecule has 0 bridgehead atoms. The summed E-state index contributed by atoms with van der Waals surface area (Å²) in [5.74, 6) is 1.70. The van der Waals surface area contributed by atoms with Crippen molar-refractivity contribution >= 4 is 0 Å². The van der Waals surface area contributed by atoms with Gasteiger partial charge < -0.3 is 10.3 Å². The average Bonchev–Trinajstić information content (AvgIpc) is 2.43. The van der Waals surface area contributed by atoms with Crippen LogP contribution in [0.4, 0.5) is 0 Å². The van der Waals surface area contributed by atoms with Crippen molar-refractivity contribution in [2.45, 2.75) is 52.1 Å². The van der Waals surface area contributed by atoms with Crippen molar-refractivity contribution in [1.29, 1.82) is 0 Å². The zero-order chi connectivity index (χ0) is 10.3. The van der Waals surface area contributed by atoms with Crippen LogP contribution >= 0.6 is 0 Å². The van der Waals surface area contributed by atoms with Crippen LogP contribution in [-0.2, 0) is 13.0 Å². The van der Waals surface area contributed by atoms with Gasteiger partial charge in [0.15, 0.2) is 0 Å². The lowest BCUT2D eigenvalue weighted by Gasteiger charge is -2.20. The fraction of sp³-hybridized carbons (Fsp3) is 0.727. The van der Waals surface area contributed by atoms with E-state index in [1.807, 2.05) is 0 Å². The van der Waals surface area contributed by atoms with Gasteiger partial charge in [0.1, 0.15) is 5.82 Å². The van der Waals surface area contributed by atoms with Gasteiger partial charge in [-0.3, -0.25) is 0 Å². The lowest BCUT2D eigenvalue weighted by molar-refractivity contribution is 0.458. The molecule has 0 saturated heterocycles. The van der Waals surface area contributed by atoms with E-state index in [4.69, 9.17) is 5.73 Å². The summed E-state index contributed by atoms with van der Waals surface area (Å²) in [6, 6.07) is 0.310. The lowest BCUT2D eigenvalue weighted by Crippen LogP contribution is -2.31. The summed E-state index contributed by atoms with van der Waals surface area (Å²) < 4.78 is 2.33. The maximum absolute atomic E-state index is 5.93. The predicted octanol–water partition coefficient (Wildman–Crippen LogP) is 1.59. The molecule has 0 spiro atoms. The molecule has 2 rings (SSSR count). The Morgan fingerprint density at radius 1 is 1.50 bits per heavy atom. The Morgan fingerprint density at radius 2 is 2.21 bits per heavy atom. The zero-order valence-electron chi connectivity index (χ0n) is 9.25. The van der Waals surface area contributed by atoms with Gasteiger partial charge in [0.2, 0.25) is 0 Å². The molecule has 0 aromatic carbocycles. The number of rotatable bonds is 1. The van der Waals surface area contributed by atoms with Crippen LogP contribution < -0.4 is 5.73 Å². The predicted molar refractivity (Wildman–Crippen MR) is 57.3 cm³/mol. The molecule has 78 valence electrons. The van der Waals surface area contributed by atoms with Crippen LogP contribution in [0.5, 0.6) is 0 Å². The zero-order valence-corrected chi connectivity index (χ0v) is 9.25. The first kappa shape index (κ1) is 9.71. The highest BCUT2D eigenvalue weighted by Crippen LogP contribution is 2.23. The minimum Gasteiger partial charge on any atom is -0.332 e. The Kier molecular flexibility index (Phi) is 2.35. The molecule has 1 aliphatic rings. The second-order valence-corrected chi connectivity index (χ2v) is 4.56. The second-order valence-electron chi connectivity index (χ2n) is 4.56. The fourth-order valence-electron chi connectivity index (χ4n) is 2.24. The highest BCUT2D eigenvalue weighted by molar-refractivity contribution is 5.20. The number of fused-ring (bicyclic) bond motifs is 1. The Balaban J connectivity index is 2.40. The number of hydrogen-bond acceptors (Lipinski definition) is 2.